The monoisotopic (exact) mass is 367 g/mol. The molecule has 1 aliphatic heterocycles. The van der Waals surface area contributed by atoms with Crippen LogP contribution in [0.5, 0.6) is 0 Å². The van der Waals surface area contributed by atoms with Crippen LogP contribution in [0.4, 0.5) is 11.4 Å². The number of fused-ring (bicyclic) bond motifs is 4. The molecule has 0 fully saturated rings. The summed E-state index contributed by atoms with van der Waals surface area (Å²) in [6.07, 6.45) is 0. The summed E-state index contributed by atoms with van der Waals surface area (Å²) in [5, 5.41) is 1.86. The van der Waals surface area contributed by atoms with Gasteiger partial charge in [-0.3, -0.25) is 14.5 Å². The number of Topliss-reactive ketones (excluding diaryl/α,β-unsaturated/α-hetero) is 1. The number of carbonyl (C=O) groups excluding carboxylic acids is 2. The Morgan fingerprint density at radius 1 is 1.04 bits per heavy atom. The van der Waals surface area contributed by atoms with Gasteiger partial charge in [-0.15, -0.1) is 11.6 Å². The van der Waals surface area contributed by atoms with E-state index >= 15 is 0 Å². The first-order valence-electron chi connectivity index (χ1n) is 7.83. The molecule has 5 heteroatoms. The molecule has 0 aromatic heterocycles. The van der Waals surface area contributed by atoms with Gasteiger partial charge in [0.05, 0.1) is 17.3 Å². The number of amides is 1. The number of carbonyl (C=O) groups is 2. The summed E-state index contributed by atoms with van der Waals surface area (Å²) in [4.78, 5) is 28.3. The summed E-state index contributed by atoms with van der Waals surface area (Å²) >= 11 is 7.34. The van der Waals surface area contributed by atoms with Crippen molar-refractivity contribution in [2.24, 2.45) is 0 Å². The van der Waals surface area contributed by atoms with Crippen molar-refractivity contribution in [3.63, 3.8) is 0 Å². The van der Waals surface area contributed by atoms with E-state index < -0.39 is 0 Å². The Kier molecular flexibility index (Phi) is 4.02. The Morgan fingerprint density at radius 3 is 2.56 bits per heavy atom. The fourth-order valence-electron chi connectivity index (χ4n) is 3.14. The highest BCUT2D eigenvalue weighted by molar-refractivity contribution is 7.99. The highest BCUT2D eigenvalue weighted by Crippen LogP contribution is 2.50. The second-order valence-electron chi connectivity index (χ2n) is 5.83. The van der Waals surface area contributed by atoms with Gasteiger partial charge in [-0.1, -0.05) is 42.1 Å². The number of nitrogens with zero attached hydrogens (tertiary/aromatic N) is 1. The van der Waals surface area contributed by atoms with Gasteiger partial charge in [0.2, 0.25) is 5.91 Å². The van der Waals surface area contributed by atoms with Crippen LogP contribution < -0.4 is 4.90 Å². The van der Waals surface area contributed by atoms with Crippen LogP contribution in [-0.2, 0) is 4.79 Å². The molecule has 25 heavy (non-hydrogen) atoms. The zero-order chi connectivity index (χ0) is 17.6. The third kappa shape index (κ3) is 2.62. The molecule has 0 spiro atoms. The fourth-order valence-corrected chi connectivity index (χ4v) is 4.38. The Bertz CT molecular complexity index is 1030. The lowest BCUT2D eigenvalue weighted by Gasteiger charge is -2.31. The molecule has 3 aromatic rings. The van der Waals surface area contributed by atoms with E-state index in [1.165, 1.54) is 0 Å². The summed E-state index contributed by atoms with van der Waals surface area (Å²) < 4.78 is 0. The normalized spacial score (nSPS) is 12.6. The van der Waals surface area contributed by atoms with Crippen molar-refractivity contribution in [1.82, 2.24) is 0 Å². The average molecular weight is 368 g/mol. The van der Waals surface area contributed by atoms with Gasteiger partial charge in [0, 0.05) is 27.7 Å². The fraction of sp³-hybridized carbons (Fsp3) is 0.100. The van der Waals surface area contributed by atoms with E-state index in [0.29, 0.717) is 5.56 Å². The van der Waals surface area contributed by atoms with Gasteiger partial charge in [-0.2, -0.15) is 0 Å². The van der Waals surface area contributed by atoms with Crippen molar-refractivity contribution in [3.8, 4) is 0 Å². The van der Waals surface area contributed by atoms with Crippen LogP contribution >= 0.6 is 23.4 Å². The van der Waals surface area contributed by atoms with Gasteiger partial charge < -0.3 is 0 Å². The minimum atomic E-state index is -0.126. The summed E-state index contributed by atoms with van der Waals surface area (Å²) in [7, 11) is 0. The largest absolute Gasteiger partial charge is 0.293 e. The molecule has 0 N–H and O–H groups in total. The van der Waals surface area contributed by atoms with Crippen LogP contribution in [-0.4, -0.2) is 17.6 Å². The van der Waals surface area contributed by atoms with Gasteiger partial charge in [-0.25, -0.2) is 0 Å². The van der Waals surface area contributed by atoms with Crippen LogP contribution in [0.3, 0.4) is 0 Å². The molecule has 0 bridgehead atoms. The highest BCUT2D eigenvalue weighted by Gasteiger charge is 2.28. The van der Waals surface area contributed by atoms with E-state index in [1.54, 1.807) is 29.7 Å². The number of halogens is 1. The average Bonchev–Trinajstić information content (AvgIpc) is 2.64. The van der Waals surface area contributed by atoms with Crippen molar-refractivity contribution in [3.05, 3.63) is 60.2 Å². The zero-order valence-corrected chi connectivity index (χ0v) is 15.0. The van der Waals surface area contributed by atoms with E-state index in [-0.39, 0.29) is 17.6 Å². The quantitative estimate of drug-likeness (QED) is 0.449. The Morgan fingerprint density at radius 2 is 1.80 bits per heavy atom. The molecular weight excluding hydrogens is 354 g/mol. The molecule has 3 aromatic carbocycles. The number of rotatable bonds is 2. The molecule has 0 atom stereocenters. The smallest absolute Gasteiger partial charge is 0.228 e. The van der Waals surface area contributed by atoms with Gasteiger partial charge in [0.1, 0.15) is 0 Å². The Balaban J connectivity index is 2.02. The molecule has 1 heterocycles. The Labute approximate surface area is 154 Å². The summed E-state index contributed by atoms with van der Waals surface area (Å²) in [6.45, 7) is 1.56. The minimum Gasteiger partial charge on any atom is -0.293 e. The molecule has 124 valence electrons. The number of alkyl halides is 1. The molecule has 1 amide bonds. The second-order valence-corrected chi connectivity index (χ2v) is 7.18. The number of para-hydroxylation sites is 1. The van der Waals surface area contributed by atoms with Crippen molar-refractivity contribution < 1.29 is 9.59 Å². The highest BCUT2D eigenvalue weighted by atomic mass is 35.5. The first kappa shape index (κ1) is 16.2. The molecule has 0 unspecified atom stereocenters. The van der Waals surface area contributed by atoms with Gasteiger partial charge in [0.15, 0.2) is 5.78 Å². The molecule has 3 nitrogen and oxygen atoms in total. The first-order chi connectivity index (χ1) is 12.1. The number of hydrogen-bond acceptors (Lipinski definition) is 3. The number of anilines is 2. The zero-order valence-electron chi connectivity index (χ0n) is 13.5. The third-order valence-electron chi connectivity index (χ3n) is 4.26. The standard InChI is InChI=1S/C20H14ClNO2S/c1-12(23)22-16-4-2-3-5-18(16)25-19-9-8-13-6-7-14(17(24)11-21)10-15(13)20(19)22/h2-10H,11H2,1H3. The van der Waals surface area contributed by atoms with Crippen LogP contribution in [0.2, 0.25) is 0 Å². The second kappa shape index (κ2) is 6.21. The van der Waals surface area contributed by atoms with E-state index in [4.69, 9.17) is 11.6 Å². The Hall–Kier alpha value is -2.30. The number of ketones is 1. The molecule has 0 saturated carbocycles. The lowest BCUT2D eigenvalue weighted by Crippen LogP contribution is -2.26. The van der Waals surface area contributed by atoms with Crippen molar-refractivity contribution >= 4 is 57.2 Å². The maximum absolute atomic E-state index is 12.5. The molecule has 0 radical (unpaired) electrons. The van der Waals surface area contributed by atoms with Crippen molar-refractivity contribution in [2.45, 2.75) is 16.7 Å². The maximum atomic E-state index is 12.5. The SMILES string of the molecule is CC(=O)N1c2ccccc2Sc2ccc3ccc(C(=O)CCl)cc3c21. The lowest BCUT2D eigenvalue weighted by atomic mass is 10.0. The predicted molar refractivity (Wildman–Crippen MR) is 102 cm³/mol. The molecular formula is C20H14ClNO2S. The van der Waals surface area contributed by atoms with Crippen LogP contribution in [0.1, 0.15) is 17.3 Å². The van der Waals surface area contributed by atoms with Crippen molar-refractivity contribution in [2.75, 3.05) is 10.8 Å². The number of hydrogen-bond donors (Lipinski definition) is 0. The topological polar surface area (TPSA) is 37.4 Å². The minimum absolute atomic E-state index is 0.0597. The van der Waals surface area contributed by atoms with Gasteiger partial charge >= 0.3 is 0 Å². The maximum Gasteiger partial charge on any atom is 0.228 e. The van der Waals surface area contributed by atoms with E-state index in [9.17, 15) is 9.59 Å². The van der Waals surface area contributed by atoms with Gasteiger partial charge in [-0.05, 0) is 29.7 Å². The lowest BCUT2D eigenvalue weighted by molar-refractivity contribution is -0.115. The third-order valence-corrected chi connectivity index (χ3v) is 5.62. The summed E-state index contributed by atoms with van der Waals surface area (Å²) in [6, 6.07) is 17.4. The molecule has 0 aliphatic carbocycles. The van der Waals surface area contributed by atoms with Crippen molar-refractivity contribution in [1.29, 1.82) is 0 Å². The first-order valence-corrected chi connectivity index (χ1v) is 9.19. The van der Waals surface area contributed by atoms with E-state index in [1.807, 2.05) is 48.5 Å². The predicted octanol–water partition coefficient (Wildman–Crippen LogP) is 5.41. The van der Waals surface area contributed by atoms with E-state index in [2.05, 4.69) is 0 Å². The number of benzene rings is 3. The van der Waals surface area contributed by atoms with E-state index in [0.717, 1.165) is 31.9 Å². The molecule has 0 saturated heterocycles. The van der Waals surface area contributed by atoms with Gasteiger partial charge in [0.25, 0.3) is 0 Å². The van der Waals surface area contributed by atoms with Crippen LogP contribution in [0.15, 0.2) is 64.4 Å². The van der Waals surface area contributed by atoms with Crippen LogP contribution in [0, 0.1) is 0 Å². The summed E-state index contributed by atoms with van der Waals surface area (Å²) in [5.74, 6) is -0.246. The summed E-state index contributed by atoms with van der Waals surface area (Å²) in [5.41, 5.74) is 2.26. The van der Waals surface area contributed by atoms with Crippen LogP contribution in [0.25, 0.3) is 10.8 Å². The molecule has 4 rings (SSSR count). The molecule has 1 aliphatic rings.